The van der Waals surface area contributed by atoms with E-state index in [1.54, 1.807) is 6.08 Å². The number of aliphatic hydroxyl groups excluding tert-OH is 5. The molecule has 7 unspecified atom stereocenters. The normalized spacial score (nSPS) is 18.4. The molecule has 9 heteroatoms. The number of rotatable bonds is 65. The number of nitrogens with one attached hydrogen (secondary N) is 1. The van der Waals surface area contributed by atoms with Crippen LogP contribution in [0.5, 0.6) is 0 Å². The first-order chi connectivity index (χ1) is 41.8. The summed E-state index contributed by atoms with van der Waals surface area (Å²) in [5.41, 5.74) is 0. The number of hydrogen-bond acceptors (Lipinski definition) is 8. The molecule has 0 aliphatic carbocycles. The molecule has 1 aliphatic rings. The number of aliphatic hydroxyl groups is 5. The number of carbonyl (C=O) groups is 1. The van der Waals surface area contributed by atoms with Crippen LogP contribution in [0, 0.1) is 0 Å². The van der Waals surface area contributed by atoms with E-state index in [0.29, 0.717) is 6.42 Å². The van der Waals surface area contributed by atoms with Gasteiger partial charge in [-0.15, -0.1) is 0 Å². The Bertz CT molecular complexity index is 1530. The van der Waals surface area contributed by atoms with Gasteiger partial charge in [-0.2, -0.15) is 0 Å². The zero-order valence-corrected chi connectivity index (χ0v) is 55.9. The van der Waals surface area contributed by atoms with Crippen molar-refractivity contribution in [3.8, 4) is 0 Å². The van der Waals surface area contributed by atoms with Gasteiger partial charge >= 0.3 is 0 Å². The van der Waals surface area contributed by atoms with Gasteiger partial charge in [0.25, 0.3) is 0 Å². The number of unbranched alkanes of at least 4 members (excludes halogenated alkanes) is 47. The van der Waals surface area contributed by atoms with E-state index in [1.165, 1.54) is 289 Å². The van der Waals surface area contributed by atoms with Crippen LogP contribution in [0.3, 0.4) is 0 Å². The molecule has 7 atom stereocenters. The summed E-state index contributed by atoms with van der Waals surface area (Å²) in [5, 5.41) is 54.7. The third-order valence-electron chi connectivity index (χ3n) is 17.5. The average molecular weight is 1200 g/mol. The molecule has 1 rings (SSSR count). The van der Waals surface area contributed by atoms with E-state index >= 15 is 0 Å². The zero-order chi connectivity index (χ0) is 61.4. The van der Waals surface area contributed by atoms with Crippen LogP contribution in [-0.4, -0.2) is 87.5 Å². The molecule has 0 radical (unpaired) electrons. The number of ether oxygens (including phenoxy) is 2. The van der Waals surface area contributed by atoms with Gasteiger partial charge in [0, 0.05) is 6.42 Å². The molecule has 498 valence electrons. The number of carbonyl (C=O) groups excluding carboxylic acids is 1. The molecule has 0 aromatic heterocycles. The summed E-state index contributed by atoms with van der Waals surface area (Å²) in [4.78, 5) is 13.1. The van der Waals surface area contributed by atoms with Crippen LogP contribution in [0.25, 0.3) is 0 Å². The monoisotopic (exact) mass is 1200 g/mol. The van der Waals surface area contributed by atoms with Gasteiger partial charge in [0.05, 0.1) is 25.4 Å². The van der Waals surface area contributed by atoms with Crippen molar-refractivity contribution in [3.63, 3.8) is 0 Å². The number of amides is 1. The molecule has 85 heavy (non-hydrogen) atoms. The third kappa shape index (κ3) is 53.4. The van der Waals surface area contributed by atoms with Gasteiger partial charge in [-0.1, -0.05) is 338 Å². The zero-order valence-electron chi connectivity index (χ0n) is 55.9. The van der Waals surface area contributed by atoms with Crippen molar-refractivity contribution in [2.75, 3.05) is 13.2 Å². The van der Waals surface area contributed by atoms with Gasteiger partial charge < -0.3 is 40.3 Å². The van der Waals surface area contributed by atoms with Crippen LogP contribution in [-0.2, 0) is 14.3 Å². The predicted octanol–water partition coefficient (Wildman–Crippen LogP) is 20.5. The minimum absolute atomic E-state index is 0.185. The van der Waals surface area contributed by atoms with Crippen molar-refractivity contribution >= 4 is 5.91 Å². The number of allylic oxidation sites excluding steroid dienone is 9. The van der Waals surface area contributed by atoms with Gasteiger partial charge in [-0.25, -0.2) is 0 Å². The lowest BCUT2D eigenvalue weighted by Crippen LogP contribution is -2.60. The summed E-state index contributed by atoms with van der Waals surface area (Å²) in [6.07, 6.45) is 83.6. The standard InChI is InChI=1S/C76H141NO8/c1-3-5-7-9-11-13-15-17-19-21-23-25-27-28-29-30-31-32-33-34-35-36-37-38-39-40-41-42-44-46-48-50-52-54-56-58-60-62-64-66-72(80)77-69(68-84-76-75(83)74(82)73(81)71(67-78)85-76)70(79)65-63-61-59-57-55-53-51-49-47-45-43-26-24-22-20-18-16-14-12-10-8-6-4-2/h15,17,21,23,47,49,55,57,63,65,69-71,73-76,78-79,81-83H,3-14,16,18-20,22,24-46,48,50-54,56,58-62,64,66-68H2,1-2H3,(H,77,80)/b17-15-,23-21-,49-47+,57-55+,65-63+. The Morgan fingerprint density at radius 1 is 0.400 bits per heavy atom. The van der Waals surface area contributed by atoms with Crippen LogP contribution in [0.1, 0.15) is 361 Å². The molecule has 6 N–H and O–H groups in total. The van der Waals surface area contributed by atoms with Gasteiger partial charge in [0.2, 0.25) is 5.91 Å². The smallest absolute Gasteiger partial charge is 0.220 e. The topological polar surface area (TPSA) is 149 Å². The first-order valence-corrected chi connectivity index (χ1v) is 37.0. The molecular formula is C76H141NO8. The first-order valence-electron chi connectivity index (χ1n) is 37.0. The van der Waals surface area contributed by atoms with Gasteiger partial charge in [-0.05, 0) is 77.0 Å². The maximum Gasteiger partial charge on any atom is 0.220 e. The molecule has 1 saturated heterocycles. The van der Waals surface area contributed by atoms with Crippen molar-refractivity contribution in [2.45, 2.75) is 403 Å². The Morgan fingerprint density at radius 2 is 0.706 bits per heavy atom. The van der Waals surface area contributed by atoms with Crippen LogP contribution in [0.15, 0.2) is 60.8 Å². The molecule has 1 amide bonds. The highest BCUT2D eigenvalue weighted by molar-refractivity contribution is 5.76. The van der Waals surface area contributed by atoms with E-state index in [0.717, 1.165) is 51.4 Å². The fourth-order valence-corrected chi connectivity index (χ4v) is 11.8. The average Bonchev–Trinajstić information content (AvgIpc) is 3.66. The third-order valence-corrected chi connectivity index (χ3v) is 17.5. The van der Waals surface area contributed by atoms with E-state index in [4.69, 9.17) is 9.47 Å². The quantitative estimate of drug-likeness (QED) is 0.0261. The van der Waals surface area contributed by atoms with Crippen molar-refractivity contribution < 1.29 is 39.8 Å². The predicted molar refractivity (Wildman–Crippen MR) is 364 cm³/mol. The highest BCUT2D eigenvalue weighted by Crippen LogP contribution is 2.23. The summed E-state index contributed by atoms with van der Waals surface area (Å²) in [5.74, 6) is -0.185. The molecule has 0 saturated carbocycles. The summed E-state index contributed by atoms with van der Waals surface area (Å²) < 4.78 is 11.3. The minimum atomic E-state index is -1.58. The SMILES string of the molecule is CCCCCCC/C=C\C/C=C\CCCCCCCCCCCCCCCCCCCCCCCCCCCCCC(=O)NC(COC1OC(CO)C(O)C(O)C1O)C(O)/C=C/CC/C=C/CC/C=C/CCCCCCCCCCCCCCC. The molecule has 0 aromatic rings. The Kier molecular flexibility index (Phi) is 61.7. The summed E-state index contributed by atoms with van der Waals surface area (Å²) >= 11 is 0. The summed E-state index contributed by atoms with van der Waals surface area (Å²) in [6, 6.07) is -0.830. The van der Waals surface area contributed by atoms with E-state index in [2.05, 4.69) is 67.8 Å². The summed E-state index contributed by atoms with van der Waals surface area (Å²) in [6.45, 7) is 3.79. The Hall–Kier alpha value is -2.11. The second kappa shape index (κ2) is 64.9. The van der Waals surface area contributed by atoms with Crippen LogP contribution in [0.4, 0.5) is 0 Å². The molecule has 1 aliphatic heterocycles. The highest BCUT2D eigenvalue weighted by Gasteiger charge is 2.44. The second-order valence-corrected chi connectivity index (χ2v) is 25.7. The maximum absolute atomic E-state index is 13.1. The number of hydrogen-bond donors (Lipinski definition) is 6. The lowest BCUT2D eigenvalue weighted by molar-refractivity contribution is -0.302. The molecule has 1 fully saturated rings. The van der Waals surface area contributed by atoms with E-state index < -0.39 is 49.5 Å². The van der Waals surface area contributed by atoms with Crippen molar-refractivity contribution in [1.29, 1.82) is 0 Å². The van der Waals surface area contributed by atoms with Crippen LogP contribution < -0.4 is 5.32 Å². The van der Waals surface area contributed by atoms with E-state index in [1.807, 2.05) is 6.08 Å². The maximum atomic E-state index is 13.1. The lowest BCUT2D eigenvalue weighted by atomic mass is 9.99. The lowest BCUT2D eigenvalue weighted by Gasteiger charge is -2.40. The Balaban J connectivity index is 2.08. The fourth-order valence-electron chi connectivity index (χ4n) is 11.8. The fraction of sp³-hybridized carbons (Fsp3) is 0.855. The molecule has 1 heterocycles. The molecule has 0 bridgehead atoms. The van der Waals surface area contributed by atoms with Crippen molar-refractivity contribution in [2.24, 2.45) is 0 Å². The second-order valence-electron chi connectivity index (χ2n) is 25.7. The van der Waals surface area contributed by atoms with E-state index in [-0.39, 0.29) is 12.5 Å². The summed E-state index contributed by atoms with van der Waals surface area (Å²) in [7, 11) is 0. The molecule has 0 spiro atoms. The molecule has 9 nitrogen and oxygen atoms in total. The highest BCUT2D eigenvalue weighted by atomic mass is 16.7. The van der Waals surface area contributed by atoms with Gasteiger partial charge in [0.1, 0.15) is 24.4 Å². The largest absolute Gasteiger partial charge is 0.394 e. The first kappa shape index (κ1) is 80.9. The Labute approximate surface area is 526 Å². The van der Waals surface area contributed by atoms with Crippen LogP contribution >= 0.6 is 0 Å². The Morgan fingerprint density at radius 3 is 1.06 bits per heavy atom. The molecular weight excluding hydrogens is 1050 g/mol. The molecule has 0 aromatic carbocycles. The minimum Gasteiger partial charge on any atom is -0.394 e. The van der Waals surface area contributed by atoms with E-state index in [9.17, 15) is 30.3 Å². The van der Waals surface area contributed by atoms with Gasteiger partial charge in [0.15, 0.2) is 6.29 Å². The van der Waals surface area contributed by atoms with Gasteiger partial charge in [-0.3, -0.25) is 4.79 Å². The van der Waals surface area contributed by atoms with Crippen molar-refractivity contribution in [3.05, 3.63) is 60.8 Å². The van der Waals surface area contributed by atoms with Crippen molar-refractivity contribution in [1.82, 2.24) is 5.32 Å². The van der Waals surface area contributed by atoms with Crippen LogP contribution in [0.2, 0.25) is 0 Å².